The molecular weight excluding hydrogens is 444 g/mol. The molecule has 0 saturated carbocycles. The summed E-state index contributed by atoms with van der Waals surface area (Å²) in [6, 6.07) is 6.07. The summed E-state index contributed by atoms with van der Waals surface area (Å²) in [4.78, 5) is 22.3. The molecule has 0 radical (unpaired) electrons. The molecule has 0 saturated heterocycles. The molecule has 1 aliphatic carbocycles. The number of ether oxygens (including phenoxy) is 1. The summed E-state index contributed by atoms with van der Waals surface area (Å²) >= 11 is 1.61. The minimum Gasteiger partial charge on any atom is -0.385 e. The fraction of sp³-hybridized carbons (Fsp3) is 0.444. The molecule has 0 spiro atoms. The van der Waals surface area contributed by atoms with Gasteiger partial charge < -0.3 is 14.6 Å². The highest BCUT2D eigenvalue weighted by atomic mass is 32.1. The van der Waals surface area contributed by atoms with E-state index in [4.69, 9.17) is 9.72 Å². The van der Waals surface area contributed by atoms with Gasteiger partial charge in [0.05, 0.1) is 17.0 Å². The quantitative estimate of drug-likeness (QED) is 0.289. The average molecular weight is 479 g/mol. The first-order valence-corrected chi connectivity index (χ1v) is 13.0. The van der Waals surface area contributed by atoms with Crippen LogP contribution in [0.5, 0.6) is 0 Å². The van der Waals surface area contributed by atoms with Gasteiger partial charge in [0, 0.05) is 55.3 Å². The van der Waals surface area contributed by atoms with Crippen LogP contribution in [0.3, 0.4) is 0 Å². The van der Waals surface area contributed by atoms with Crippen LogP contribution in [-0.4, -0.2) is 40.7 Å². The van der Waals surface area contributed by atoms with Crippen molar-refractivity contribution in [3.8, 4) is 22.0 Å². The van der Waals surface area contributed by atoms with Crippen molar-refractivity contribution in [2.24, 2.45) is 0 Å². The standard InChI is InChI=1S/C27H34N4O2S/c1-19-10-11-22(17-29-19)27-30-24(18-34-27)25-16-23(26(32)28-13-7-15-33-3)20(2)31(25)14-12-21-8-5-4-6-9-21/h8,10-11,16-18H,4-7,9,12-15H2,1-3H3,(H,28,32). The Morgan fingerprint density at radius 2 is 2.15 bits per heavy atom. The number of methoxy groups -OCH3 is 1. The Kier molecular flexibility index (Phi) is 8.29. The van der Waals surface area contributed by atoms with E-state index in [1.165, 1.54) is 31.3 Å². The zero-order chi connectivity index (χ0) is 23.9. The first-order chi connectivity index (χ1) is 16.6. The first kappa shape index (κ1) is 24.4. The third kappa shape index (κ3) is 5.83. The summed E-state index contributed by atoms with van der Waals surface area (Å²) < 4.78 is 7.37. The van der Waals surface area contributed by atoms with Crippen molar-refractivity contribution in [3.05, 3.63) is 58.4 Å². The van der Waals surface area contributed by atoms with Gasteiger partial charge in [0.1, 0.15) is 5.01 Å². The van der Waals surface area contributed by atoms with E-state index in [1.54, 1.807) is 18.4 Å². The van der Waals surface area contributed by atoms with Gasteiger partial charge in [0.15, 0.2) is 0 Å². The first-order valence-electron chi connectivity index (χ1n) is 12.1. The maximum Gasteiger partial charge on any atom is 0.253 e. The molecule has 0 aromatic carbocycles. The van der Waals surface area contributed by atoms with Crippen LogP contribution in [-0.2, 0) is 11.3 Å². The molecule has 3 heterocycles. The molecule has 1 aliphatic rings. The number of pyridine rings is 1. The van der Waals surface area contributed by atoms with E-state index in [2.05, 4.69) is 32.4 Å². The van der Waals surface area contributed by atoms with E-state index < -0.39 is 0 Å². The van der Waals surface area contributed by atoms with E-state index in [1.807, 2.05) is 32.2 Å². The number of carbonyl (C=O) groups is 1. The van der Waals surface area contributed by atoms with Gasteiger partial charge in [-0.15, -0.1) is 11.3 Å². The van der Waals surface area contributed by atoms with Crippen LogP contribution in [0.1, 0.15) is 60.3 Å². The van der Waals surface area contributed by atoms with Crippen molar-refractivity contribution in [1.82, 2.24) is 19.9 Å². The van der Waals surface area contributed by atoms with Crippen LogP contribution in [0.2, 0.25) is 0 Å². The maximum absolute atomic E-state index is 13.0. The lowest BCUT2D eigenvalue weighted by Crippen LogP contribution is -2.25. The maximum atomic E-state index is 13.0. The lowest BCUT2D eigenvalue weighted by Gasteiger charge is -2.15. The Balaban J connectivity index is 1.62. The van der Waals surface area contributed by atoms with Crippen molar-refractivity contribution >= 4 is 17.2 Å². The smallest absolute Gasteiger partial charge is 0.253 e. The number of nitrogens with one attached hydrogen (secondary N) is 1. The molecule has 1 N–H and O–H groups in total. The van der Waals surface area contributed by atoms with Gasteiger partial charge in [-0.1, -0.05) is 11.6 Å². The Morgan fingerprint density at radius 1 is 1.26 bits per heavy atom. The molecule has 0 unspecified atom stereocenters. The normalized spacial score (nSPS) is 13.7. The fourth-order valence-electron chi connectivity index (χ4n) is 4.39. The largest absolute Gasteiger partial charge is 0.385 e. The van der Waals surface area contributed by atoms with Gasteiger partial charge in [-0.05, 0) is 70.6 Å². The molecule has 180 valence electrons. The minimum atomic E-state index is -0.0383. The monoisotopic (exact) mass is 478 g/mol. The van der Waals surface area contributed by atoms with Crippen molar-refractivity contribution in [3.63, 3.8) is 0 Å². The lowest BCUT2D eigenvalue weighted by molar-refractivity contribution is 0.0948. The molecular formula is C27H34N4O2S. The van der Waals surface area contributed by atoms with E-state index in [-0.39, 0.29) is 5.91 Å². The van der Waals surface area contributed by atoms with Crippen LogP contribution in [0.25, 0.3) is 22.0 Å². The van der Waals surface area contributed by atoms with Gasteiger partial charge in [-0.25, -0.2) is 4.98 Å². The molecule has 0 fully saturated rings. The predicted molar refractivity (Wildman–Crippen MR) is 138 cm³/mol. The second kappa shape index (κ2) is 11.6. The van der Waals surface area contributed by atoms with Gasteiger partial charge >= 0.3 is 0 Å². The minimum absolute atomic E-state index is 0.0383. The fourth-order valence-corrected chi connectivity index (χ4v) is 5.20. The van der Waals surface area contributed by atoms with Crippen molar-refractivity contribution in [2.75, 3.05) is 20.3 Å². The number of rotatable bonds is 10. The van der Waals surface area contributed by atoms with Crippen LogP contribution in [0, 0.1) is 13.8 Å². The molecule has 0 atom stereocenters. The van der Waals surface area contributed by atoms with E-state index >= 15 is 0 Å². The Bertz CT molecular complexity index is 1140. The SMILES string of the molecule is COCCCNC(=O)c1cc(-c2csc(-c3ccc(C)nc3)n2)n(CCC2=CCCCC2)c1C. The summed E-state index contributed by atoms with van der Waals surface area (Å²) in [5.74, 6) is -0.0383. The van der Waals surface area contributed by atoms with Crippen LogP contribution in [0.4, 0.5) is 0 Å². The van der Waals surface area contributed by atoms with Crippen LogP contribution in [0.15, 0.2) is 41.4 Å². The predicted octanol–water partition coefficient (Wildman–Crippen LogP) is 5.95. The molecule has 4 rings (SSSR count). The van der Waals surface area contributed by atoms with Crippen molar-refractivity contribution in [1.29, 1.82) is 0 Å². The van der Waals surface area contributed by atoms with Crippen molar-refractivity contribution in [2.45, 2.75) is 58.9 Å². The summed E-state index contributed by atoms with van der Waals surface area (Å²) in [5.41, 5.74) is 7.14. The molecule has 34 heavy (non-hydrogen) atoms. The second-order valence-corrected chi connectivity index (χ2v) is 9.72. The molecule has 3 aromatic rings. The summed E-state index contributed by atoms with van der Waals surface area (Å²) in [6.07, 6.45) is 11.0. The van der Waals surface area contributed by atoms with E-state index in [0.717, 1.165) is 58.3 Å². The number of aromatic nitrogens is 3. The summed E-state index contributed by atoms with van der Waals surface area (Å²) in [7, 11) is 1.68. The Morgan fingerprint density at radius 3 is 2.88 bits per heavy atom. The Hall–Kier alpha value is -2.77. The zero-order valence-electron chi connectivity index (χ0n) is 20.4. The molecule has 7 heteroatoms. The van der Waals surface area contributed by atoms with Crippen LogP contribution < -0.4 is 5.32 Å². The lowest BCUT2D eigenvalue weighted by atomic mass is 9.97. The van der Waals surface area contributed by atoms with Crippen LogP contribution >= 0.6 is 11.3 Å². The number of hydrogen-bond acceptors (Lipinski definition) is 5. The molecule has 3 aromatic heterocycles. The molecule has 0 aliphatic heterocycles. The van der Waals surface area contributed by atoms with Gasteiger partial charge in [-0.2, -0.15) is 0 Å². The number of carbonyl (C=O) groups excluding carboxylic acids is 1. The molecule has 1 amide bonds. The van der Waals surface area contributed by atoms with Gasteiger partial charge in [-0.3, -0.25) is 9.78 Å². The topological polar surface area (TPSA) is 69.0 Å². The van der Waals surface area contributed by atoms with Crippen molar-refractivity contribution < 1.29 is 9.53 Å². The van der Waals surface area contributed by atoms with Gasteiger partial charge in [0.2, 0.25) is 0 Å². The highest BCUT2D eigenvalue weighted by Gasteiger charge is 2.20. The Labute approximate surface area is 206 Å². The number of nitrogens with zero attached hydrogens (tertiary/aromatic N) is 3. The van der Waals surface area contributed by atoms with E-state index in [9.17, 15) is 4.79 Å². The highest BCUT2D eigenvalue weighted by molar-refractivity contribution is 7.13. The summed E-state index contributed by atoms with van der Waals surface area (Å²) in [5, 5.41) is 6.06. The van der Waals surface area contributed by atoms with Gasteiger partial charge in [0.25, 0.3) is 5.91 Å². The number of amides is 1. The second-order valence-electron chi connectivity index (χ2n) is 8.87. The number of allylic oxidation sites excluding steroid dienone is 2. The summed E-state index contributed by atoms with van der Waals surface area (Å²) in [6.45, 7) is 6.11. The number of hydrogen-bond donors (Lipinski definition) is 1. The third-order valence-electron chi connectivity index (χ3n) is 6.39. The highest BCUT2D eigenvalue weighted by Crippen LogP contribution is 2.32. The number of aryl methyl sites for hydroxylation is 1. The van der Waals surface area contributed by atoms with E-state index in [0.29, 0.717) is 13.2 Å². The number of thiazole rings is 1. The molecule has 6 nitrogen and oxygen atoms in total. The third-order valence-corrected chi connectivity index (χ3v) is 7.28. The molecule has 0 bridgehead atoms. The zero-order valence-corrected chi connectivity index (χ0v) is 21.2. The average Bonchev–Trinajstić information content (AvgIpc) is 3.46.